The van der Waals surface area contributed by atoms with E-state index in [9.17, 15) is 8.42 Å². The number of hydrogen-bond acceptors (Lipinski definition) is 6. The fourth-order valence-corrected chi connectivity index (χ4v) is 3.73. The largest absolute Gasteiger partial charge is 0.363 e. The zero-order chi connectivity index (χ0) is 19.3. The van der Waals surface area contributed by atoms with Gasteiger partial charge in [-0.15, -0.1) is 5.11 Å². The topological polar surface area (TPSA) is 102 Å². The monoisotopic (exact) mass is 387 g/mol. The summed E-state index contributed by atoms with van der Waals surface area (Å²) in [6.45, 7) is 5.35. The second-order valence-corrected chi connectivity index (χ2v) is 8.17. The van der Waals surface area contributed by atoms with E-state index < -0.39 is 10.0 Å². The molecule has 0 aliphatic carbocycles. The van der Waals surface area contributed by atoms with Gasteiger partial charge in [-0.1, -0.05) is 24.1 Å². The van der Waals surface area contributed by atoms with Crippen molar-refractivity contribution in [1.29, 1.82) is 0 Å². The van der Waals surface area contributed by atoms with Gasteiger partial charge in [0.05, 0.1) is 10.6 Å². The summed E-state index contributed by atoms with van der Waals surface area (Å²) in [5, 5.41) is 10.4. The Morgan fingerprint density at radius 2 is 1.56 bits per heavy atom. The molecule has 1 aromatic heterocycles. The first-order valence-electron chi connectivity index (χ1n) is 8.99. The molecule has 0 unspecified atom stereocenters. The highest BCUT2D eigenvalue weighted by atomic mass is 32.2. The van der Waals surface area contributed by atoms with Crippen molar-refractivity contribution in [3.63, 3.8) is 0 Å². The fourth-order valence-electron chi connectivity index (χ4n) is 2.85. The Labute approximate surface area is 159 Å². The van der Waals surface area contributed by atoms with Crippen molar-refractivity contribution in [3.8, 4) is 0 Å². The highest BCUT2D eigenvalue weighted by molar-refractivity contribution is 7.94. The molecule has 1 aliphatic heterocycles. The molecule has 0 N–H and O–H groups in total. The minimum atomic E-state index is -3.89. The summed E-state index contributed by atoms with van der Waals surface area (Å²) in [6.07, 6.45) is 4.70. The van der Waals surface area contributed by atoms with Crippen molar-refractivity contribution in [2.45, 2.75) is 44.4 Å². The van der Waals surface area contributed by atoms with Crippen LogP contribution in [0.4, 0.5) is 11.6 Å². The summed E-state index contributed by atoms with van der Waals surface area (Å²) < 4.78 is 28.7. The maximum atomic E-state index is 12.5. The van der Waals surface area contributed by atoms with Crippen molar-refractivity contribution in [2.24, 2.45) is 10.3 Å². The number of benzene rings is 1. The van der Waals surface area contributed by atoms with Crippen molar-refractivity contribution >= 4 is 21.7 Å². The molecular weight excluding hydrogens is 364 g/mol. The lowest BCUT2D eigenvalue weighted by atomic mass is 10.2. The van der Waals surface area contributed by atoms with Gasteiger partial charge in [-0.3, -0.25) is 9.73 Å². The summed E-state index contributed by atoms with van der Waals surface area (Å²) in [6, 6.07) is 7.93. The Morgan fingerprint density at radius 1 is 0.963 bits per heavy atom. The fraction of sp³-hybridized carbons (Fsp3) is 0.444. The molecule has 1 aliphatic rings. The molecule has 144 valence electrons. The lowest BCUT2D eigenvalue weighted by Crippen LogP contribution is -2.17. The quantitative estimate of drug-likeness (QED) is 0.709. The van der Waals surface area contributed by atoms with Crippen LogP contribution in [0.25, 0.3) is 4.72 Å². The van der Waals surface area contributed by atoms with Gasteiger partial charge in [0.25, 0.3) is 0 Å². The minimum Gasteiger partial charge on any atom is -0.363 e. The average molecular weight is 387 g/mol. The van der Waals surface area contributed by atoms with Crippen LogP contribution < -0.4 is 0 Å². The van der Waals surface area contributed by atoms with E-state index in [1.807, 2.05) is 5.01 Å². The number of hydrogen-bond donors (Lipinski definition) is 0. The first-order valence-corrected chi connectivity index (χ1v) is 10.4. The molecule has 0 radical (unpaired) electrons. The van der Waals surface area contributed by atoms with Crippen molar-refractivity contribution < 1.29 is 8.42 Å². The SMILES string of the molecule is Cc1cc(C)nc([N-]S(=O)(=O)c2ccc(N=NN3CCCCCC3)cc2)n1. The summed E-state index contributed by atoms with van der Waals surface area (Å²) in [4.78, 5) is 8.18. The average Bonchev–Trinajstić information content (AvgIpc) is 2.88. The lowest BCUT2D eigenvalue weighted by molar-refractivity contribution is 0.281. The molecule has 1 saturated heterocycles. The van der Waals surface area contributed by atoms with Crippen LogP contribution in [0.5, 0.6) is 0 Å². The van der Waals surface area contributed by atoms with Gasteiger partial charge in [-0.2, -0.15) is 0 Å². The number of rotatable bonds is 5. The third-order valence-electron chi connectivity index (χ3n) is 4.18. The number of nitrogens with zero attached hydrogens (tertiary/aromatic N) is 6. The van der Waals surface area contributed by atoms with Gasteiger partial charge >= 0.3 is 0 Å². The molecule has 0 atom stereocenters. The van der Waals surface area contributed by atoms with Gasteiger partial charge in [0.15, 0.2) is 0 Å². The van der Waals surface area contributed by atoms with Gasteiger partial charge in [-0.05, 0) is 62.3 Å². The summed E-state index contributed by atoms with van der Waals surface area (Å²) in [7, 11) is -3.89. The molecule has 0 amide bonds. The maximum absolute atomic E-state index is 12.5. The van der Waals surface area contributed by atoms with E-state index in [1.54, 1.807) is 32.0 Å². The zero-order valence-corrected chi connectivity index (χ0v) is 16.4. The van der Waals surface area contributed by atoms with Crippen LogP contribution in [0.3, 0.4) is 0 Å². The third kappa shape index (κ3) is 5.46. The predicted molar refractivity (Wildman–Crippen MR) is 103 cm³/mol. The Kier molecular flexibility index (Phi) is 6.00. The molecule has 0 saturated carbocycles. The maximum Gasteiger partial charge on any atom is 0.229 e. The van der Waals surface area contributed by atoms with Gasteiger partial charge < -0.3 is 9.97 Å². The van der Waals surface area contributed by atoms with E-state index >= 15 is 0 Å². The molecule has 27 heavy (non-hydrogen) atoms. The lowest BCUT2D eigenvalue weighted by Gasteiger charge is -2.15. The van der Waals surface area contributed by atoms with Crippen LogP contribution in [0.15, 0.2) is 45.6 Å². The molecule has 1 fully saturated rings. The normalized spacial score (nSPS) is 15.7. The summed E-state index contributed by atoms with van der Waals surface area (Å²) in [5.41, 5.74) is 1.93. The van der Waals surface area contributed by atoms with Crippen LogP contribution in [0, 0.1) is 13.8 Å². The molecule has 0 bridgehead atoms. The second kappa shape index (κ2) is 8.43. The number of sulfonamides is 1. The second-order valence-electron chi connectivity index (χ2n) is 6.57. The third-order valence-corrected chi connectivity index (χ3v) is 5.45. The van der Waals surface area contributed by atoms with Crippen LogP contribution in [0.1, 0.15) is 37.1 Å². The standard InChI is InChI=1S/C18H23N6O2S/c1-14-13-15(2)20-18(19-14)22-27(25,26)17-9-7-16(8-10-17)21-23-24-11-5-3-4-6-12-24/h7-10,13H,3-6,11-12H2,1-2H3/q-1. The highest BCUT2D eigenvalue weighted by Crippen LogP contribution is 2.26. The number of aromatic nitrogens is 2. The van der Waals surface area contributed by atoms with Crippen molar-refractivity contribution in [3.05, 3.63) is 46.4 Å². The van der Waals surface area contributed by atoms with E-state index in [-0.39, 0.29) is 10.8 Å². The minimum absolute atomic E-state index is 0.0579. The molecule has 8 nitrogen and oxygen atoms in total. The van der Waals surface area contributed by atoms with E-state index in [0.29, 0.717) is 17.1 Å². The van der Waals surface area contributed by atoms with Crippen LogP contribution in [-0.4, -0.2) is 36.5 Å². The van der Waals surface area contributed by atoms with Gasteiger partial charge in [0, 0.05) is 19.0 Å². The Bertz CT molecular complexity index is 884. The number of aryl methyl sites for hydroxylation is 2. The van der Waals surface area contributed by atoms with Crippen LogP contribution in [-0.2, 0) is 10.0 Å². The molecule has 9 heteroatoms. The van der Waals surface area contributed by atoms with Crippen LogP contribution in [0.2, 0.25) is 0 Å². The molecular formula is C18H23N6O2S-. The van der Waals surface area contributed by atoms with Crippen molar-refractivity contribution in [1.82, 2.24) is 15.0 Å². The van der Waals surface area contributed by atoms with E-state index in [4.69, 9.17) is 0 Å². The van der Waals surface area contributed by atoms with Gasteiger partial charge in [0.2, 0.25) is 10.0 Å². The van der Waals surface area contributed by atoms with Gasteiger partial charge in [-0.25, -0.2) is 8.42 Å². The highest BCUT2D eigenvalue weighted by Gasteiger charge is 2.12. The van der Waals surface area contributed by atoms with E-state index in [1.165, 1.54) is 25.0 Å². The molecule has 1 aromatic carbocycles. The summed E-state index contributed by atoms with van der Waals surface area (Å²) in [5.74, 6) is -0.0579. The Hall–Kier alpha value is -2.55. The smallest absolute Gasteiger partial charge is 0.229 e. The molecule has 2 aromatic rings. The first-order chi connectivity index (χ1) is 12.9. The molecule has 2 heterocycles. The van der Waals surface area contributed by atoms with E-state index in [2.05, 4.69) is 25.0 Å². The first kappa shape index (κ1) is 19.2. The van der Waals surface area contributed by atoms with Crippen LogP contribution >= 0.6 is 0 Å². The molecule has 3 rings (SSSR count). The molecule has 0 spiro atoms. The predicted octanol–water partition coefficient (Wildman–Crippen LogP) is 4.36. The Balaban J connectivity index is 1.69. The Morgan fingerprint density at radius 3 is 2.15 bits per heavy atom. The summed E-state index contributed by atoms with van der Waals surface area (Å²) >= 11 is 0. The van der Waals surface area contributed by atoms with E-state index in [0.717, 1.165) is 25.9 Å². The van der Waals surface area contributed by atoms with Crippen molar-refractivity contribution in [2.75, 3.05) is 13.1 Å². The van der Waals surface area contributed by atoms with Gasteiger partial charge in [0.1, 0.15) is 0 Å². The zero-order valence-electron chi connectivity index (χ0n) is 15.5.